The molecule has 0 saturated heterocycles. The maximum absolute atomic E-state index is 9.64. The number of hydrogen-bond donors (Lipinski definition) is 1. The van der Waals surface area contributed by atoms with Crippen LogP contribution in [0.1, 0.15) is 58.3 Å². The molecular weight excluding hydrogens is 212 g/mol. The summed E-state index contributed by atoms with van der Waals surface area (Å²) in [6, 6.07) is 5.96. The Hall–Kier alpha value is -1.02. The summed E-state index contributed by atoms with van der Waals surface area (Å²) >= 11 is 0. The molecule has 0 amide bonds. The van der Waals surface area contributed by atoms with Gasteiger partial charge in [-0.2, -0.15) is 0 Å². The fourth-order valence-electron chi connectivity index (χ4n) is 1.73. The van der Waals surface area contributed by atoms with E-state index in [4.69, 9.17) is 4.74 Å². The molecule has 0 radical (unpaired) electrons. The van der Waals surface area contributed by atoms with E-state index in [1.165, 1.54) is 0 Å². The van der Waals surface area contributed by atoms with E-state index in [0.29, 0.717) is 0 Å². The molecule has 0 aliphatic rings. The van der Waals surface area contributed by atoms with E-state index in [1.54, 1.807) is 6.92 Å². The summed E-state index contributed by atoms with van der Waals surface area (Å²) in [6.07, 6.45) is 0.568. The Bertz CT molecular complexity index is 362. The molecular formula is C15H24O2. The van der Waals surface area contributed by atoms with Gasteiger partial charge in [-0.3, -0.25) is 0 Å². The molecule has 0 spiro atoms. The Labute approximate surface area is 105 Å². The van der Waals surface area contributed by atoms with Crippen molar-refractivity contribution in [1.29, 1.82) is 0 Å². The number of hydrogen-bond acceptors (Lipinski definition) is 2. The van der Waals surface area contributed by atoms with Crippen molar-refractivity contribution in [2.24, 2.45) is 0 Å². The Balaban J connectivity index is 3.13. The molecule has 1 unspecified atom stereocenters. The maximum atomic E-state index is 9.64. The van der Waals surface area contributed by atoms with Crippen LogP contribution in [0, 0.1) is 0 Å². The van der Waals surface area contributed by atoms with Crippen molar-refractivity contribution in [2.45, 2.75) is 52.6 Å². The molecule has 1 rings (SSSR count). The molecule has 1 atom stereocenters. The molecule has 96 valence electrons. The zero-order valence-electron chi connectivity index (χ0n) is 11.6. The summed E-state index contributed by atoms with van der Waals surface area (Å²) in [5, 5.41) is 9.64. The largest absolute Gasteiger partial charge is 0.493 e. The molecule has 0 fully saturated rings. The van der Waals surface area contributed by atoms with E-state index in [9.17, 15) is 5.11 Å². The molecule has 1 aromatic rings. The monoisotopic (exact) mass is 236 g/mol. The van der Waals surface area contributed by atoms with Gasteiger partial charge < -0.3 is 9.84 Å². The fourth-order valence-corrected chi connectivity index (χ4v) is 1.73. The van der Waals surface area contributed by atoms with E-state index in [2.05, 4.69) is 33.8 Å². The number of ether oxygens (including phenoxy) is 1. The fraction of sp³-hybridized carbons (Fsp3) is 0.600. The Morgan fingerprint density at radius 1 is 1.29 bits per heavy atom. The summed E-state index contributed by atoms with van der Waals surface area (Å²) in [7, 11) is 0. The van der Waals surface area contributed by atoms with Gasteiger partial charge in [-0.1, -0.05) is 33.8 Å². The number of aliphatic hydroxyl groups is 1. The van der Waals surface area contributed by atoms with E-state index in [0.717, 1.165) is 29.9 Å². The highest BCUT2D eigenvalue weighted by Gasteiger charge is 2.20. The first-order valence-electron chi connectivity index (χ1n) is 6.31. The SMILES string of the molecule is CCCOc1ccc(C(C)O)cc1C(C)(C)C. The summed E-state index contributed by atoms with van der Waals surface area (Å²) in [6.45, 7) is 11.1. The normalized spacial score (nSPS) is 13.5. The third kappa shape index (κ3) is 3.74. The van der Waals surface area contributed by atoms with Gasteiger partial charge in [-0.25, -0.2) is 0 Å². The van der Waals surface area contributed by atoms with Crippen molar-refractivity contribution in [2.75, 3.05) is 6.61 Å². The highest BCUT2D eigenvalue weighted by molar-refractivity contribution is 5.42. The molecule has 17 heavy (non-hydrogen) atoms. The van der Waals surface area contributed by atoms with Crippen LogP contribution in [-0.2, 0) is 5.41 Å². The number of rotatable bonds is 4. The lowest BCUT2D eigenvalue weighted by Crippen LogP contribution is -2.14. The molecule has 2 heteroatoms. The first-order valence-corrected chi connectivity index (χ1v) is 6.31. The van der Waals surface area contributed by atoms with Gasteiger partial charge in [-0.15, -0.1) is 0 Å². The van der Waals surface area contributed by atoms with Crippen molar-refractivity contribution in [1.82, 2.24) is 0 Å². The summed E-state index contributed by atoms with van der Waals surface area (Å²) in [4.78, 5) is 0. The minimum Gasteiger partial charge on any atom is -0.493 e. The Morgan fingerprint density at radius 2 is 1.94 bits per heavy atom. The third-order valence-electron chi connectivity index (χ3n) is 2.76. The second kappa shape index (κ2) is 5.54. The lowest BCUT2D eigenvalue weighted by molar-refractivity contribution is 0.199. The molecule has 1 N–H and O–H groups in total. The van der Waals surface area contributed by atoms with Crippen molar-refractivity contribution in [3.8, 4) is 5.75 Å². The molecule has 0 saturated carbocycles. The maximum Gasteiger partial charge on any atom is 0.123 e. The van der Waals surface area contributed by atoms with Crippen molar-refractivity contribution >= 4 is 0 Å². The quantitative estimate of drug-likeness (QED) is 0.861. The van der Waals surface area contributed by atoms with E-state index in [-0.39, 0.29) is 5.41 Å². The predicted molar refractivity (Wildman–Crippen MR) is 71.6 cm³/mol. The zero-order chi connectivity index (χ0) is 13.1. The molecule has 0 bridgehead atoms. The van der Waals surface area contributed by atoms with Crippen LogP contribution in [-0.4, -0.2) is 11.7 Å². The summed E-state index contributed by atoms with van der Waals surface area (Å²) < 4.78 is 5.77. The summed E-state index contributed by atoms with van der Waals surface area (Å²) in [5.74, 6) is 0.934. The molecule has 0 aliphatic heterocycles. The topological polar surface area (TPSA) is 29.5 Å². The van der Waals surface area contributed by atoms with Crippen LogP contribution in [0.25, 0.3) is 0 Å². The van der Waals surface area contributed by atoms with Crippen molar-refractivity contribution in [3.63, 3.8) is 0 Å². The molecule has 1 aromatic carbocycles. The van der Waals surface area contributed by atoms with Crippen LogP contribution in [0.15, 0.2) is 18.2 Å². The lowest BCUT2D eigenvalue weighted by Gasteiger charge is -2.24. The van der Waals surface area contributed by atoms with Gasteiger partial charge in [0.05, 0.1) is 12.7 Å². The highest BCUT2D eigenvalue weighted by Crippen LogP contribution is 2.33. The van der Waals surface area contributed by atoms with Gasteiger partial charge in [0.1, 0.15) is 5.75 Å². The van der Waals surface area contributed by atoms with Gasteiger partial charge in [-0.05, 0) is 42.0 Å². The second-order valence-electron chi connectivity index (χ2n) is 5.53. The van der Waals surface area contributed by atoms with Crippen molar-refractivity contribution in [3.05, 3.63) is 29.3 Å². The van der Waals surface area contributed by atoms with Gasteiger partial charge in [0, 0.05) is 0 Å². The van der Waals surface area contributed by atoms with Crippen molar-refractivity contribution < 1.29 is 9.84 Å². The smallest absolute Gasteiger partial charge is 0.123 e. The van der Waals surface area contributed by atoms with Crippen LogP contribution in [0.4, 0.5) is 0 Å². The average molecular weight is 236 g/mol. The average Bonchev–Trinajstić information content (AvgIpc) is 2.24. The molecule has 0 aliphatic carbocycles. The van der Waals surface area contributed by atoms with Gasteiger partial charge >= 0.3 is 0 Å². The zero-order valence-corrected chi connectivity index (χ0v) is 11.6. The minimum atomic E-state index is -0.434. The lowest BCUT2D eigenvalue weighted by atomic mass is 9.85. The van der Waals surface area contributed by atoms with Crippen LogP contribution < -0.4 is 4.74 Å². The Kier molecular flexibility index (Phi) is 4.58. The van der Waals surface area contributed by atoms with Crippen LogP contribution in [0.5, 0.6) is 5.75 Å². The number of benzene rings is 1. The first-order chi connectivity index (χ1) is 7.86. The second-order valence-corrected chi connectivity index (χ2v) is 5.53. The third-order valence-corrected chi connectivity index (χ3v) is 2.76. The van der Waals surface area contributed by atoms with E-state index in [1.807, 2.05) is 12.1 Å². The highest BCUT2D eigenvalue weighted by atomic mass is 16.5. The molecule has 2 nitrogen and oxygen atoms in total. The number of aliphatic hydroxyl groups excluding tert-OH is 1. The first kappa shape index (κ1) is 14.0. The van der Waals surface area contributed by atoms with Crippen LogP contribution in [0.2, 0.25) is 0 Å². The van der Waals surface area contributed by atoms with E-state index < -0.39 is 6.10 Å². The van der Waals surface area contributed by atoms with Gasteiger partial charge in [0.2, 0.25) is 0 Å². The van der Waals surface area contributed by atoms with Gasteiger partial charge in [0.25, 0.3) is 0 Å². The standard InChI is InChI=1S/C15H24O2/c1-6-9-17-14-8-7-12(11(2)16)10-13(14)15(3,4)5/h7-8,10-11,16H,6,9H2,1-5H3. The molecule has 0 aromatic heterocycles. The van der Waals surface area contributed by atoms with Crippen LogP contribution in [0.3, 0.4) is 0 Å². The molecule has 0 heterocycles. The van der Waals surface area contributed by atoms with Crippen LogP contribution >= 0.6 is 0 Å². The Morgan fingerprint density at radius 3 is 2.41 bits per heavy atom. The predicted octanol–water partition coefficient (Wildman–Crippen LogP) is 3.83. The van der Waals surface area contributed by atoms with E-state index >= 15 is 0 Å². The summed E-state index contributed by atoms with van der Waals surface area (Å²) in [5.41, 5.74) is 2.12. The minimum absolute atomic E-state index is 0.0218. The van der Waals surface area contributed by atoms with Gasteiger partial charge in [0.15, 0.2) is 0 Å².